The van der Waals surface area contributed by atoms with Crippen LogP contribution in [0.15, 0.2) is 72.8 Å². The maximum absolute atomic E-state index is 13.9. The minimum Gasteiger partial charge on any atom is -0.377 e. The molecule has 1 atom stereocenters. The Hall–Kier alpha value is -3.71. The number of ether oxygens (including phenoxy) is 1. The van der Waals surface area contributed by atoms with Crippen molar-refractivity contribution in [2.45, 2.75) is 19.5 Å². The molecule has 0 heterocycles. The van der Waals surface area contributed by atoms with Gasteiger partial charge in [0.2, 0.25) is 5.91 Å². The SMILES string of the molecule is COCC(=O)Nc1ccc(N(C)C)c(CN(C(=O)c2cccc(F)c2)[C@H](C)c2ccccc2)c1. The lowest BCUT2D eigenvalue weighted by Gasteiger charge is -2.31. The van der Waals surface area contributed by atoms with Crippen molar-refractivity contribution in [1.82, 2.24) is 4.90 Å². The summed E-state index contributed by atoms with van der Waals surface area (Å²) in [6, 6.07) is 20.7. The van der Waals surface area contributed by atoms with Crippen molar-refractivity contribution in [3.05, 3.63) is 95.3 Å². The highest BCUT2D eigenvalue weighted by Gasteiger charge is 2.25. The smallest absolute Gasteiger partial charge is 0.254 e. The van der Waals surface area contributed by atoms with E-state index in [1.54, 1.807) is 11.0 Å². The third kappa shape index (κ3) is 6.20. The van der Waals surface area contributed by atoms with E-state index >= 15 is 0 Å². The van der Waals surface area contributed by atoms with Gasteiger partial charge in [0, 0.05) is 44.7 Å². The predicted molar refractivity (Wildman–Crippen MR) is 132 cm³/mol. The number of benzene rings is 3. The van der Waals surface area contributed by atoms with Crippen molar-refractivity contribution in [2.24, 2.45) is 0 Å². The predicted octanol–water partition coefficient (Wildman–Crippen LogP) is 4.88. The number of carbonyl (C=O) groups excluding carboxylic acids is 2. The van der Waals surface area contributed by atoms with Gasteiger partial charge in [-0.25, -0.2) is 4.39 Å². The minimum absolute atomic E-state index is 0.0556. The van der Waals surface area contributed by atoms with Crippen LogP contribution in [0.2, 0.25) is 0 Å². The van der Waals surface area contributed by atoms with Gasteiger partial charge in [-0.15, -0.1) is 0 Å². The van der Waals surface area contributed by atoms with E-state index in [2.05, 4.69) is 5.32 Å². The van der Waals surface area contributed by atoms with E-state index in [9.17, 15) is 14.0 Å². The fourth-order valence-electron chi connectivity index (χ4n) is 3.82. The van der Waals surface area contributed by atoms with Gasteiger partial charge >= 0.3 is 0 Å². The first-order chi connectivity index (χ1) is 16.3. The summed E-state index contributed by atoms with van der Waals surface area (Å²) >= 11 is 0. The molecule has 0 fully saturated rings. The van der Waals surface area contributed by atoms with E-state index in [1.165, 1.54) is 25.3 Å². The summed E-state index contributed by atoms with van der Waals surface area (Å²) in [6.07, 6.45) is 0. The fourth-order valence-corrected chi connectivity index (χ4v) is 3.82. The van der Waals surface area contributed by atoms with Crippen LogP contribution in [-0.4, -0.2) is 44.5 Å². The third-order valence-corrected chi connectivity index (χ3v) is 5.54. The molecule has 6 nitrogen and oxygen atoms in total. The van der Waals surface area contributed by atoms with E-state index in [0.29, 0.717) is 5.69 Å². The third-order valence-electron chi connectivity index (χ3n) is 5.54. The highest BCUT2D eigenvalue weighted by atomic mass is 19.1. The van der Waals surface area contributed by atoms with Gasteiger partial charge in [-0.2, -0.15) is 0 Å². The zero-order valence-electron chi connectivity index (χ0n) is 19.9. The highest BCUT2D eigenvalue weighted by molar-refractivity contribution is 5.95. The number of nitrogens with zero attached hydrogens (tertiary/aromatic N) is 2. The first-order valence-electron chi connectivity index (χ1n) is 11.0. The molecule has 3 aromatic rings. The lowest BCUT2D eigenvalue weighted by atomic mass is 10.0. The van der Waals surface area contributed by atoms with Gasteiger partial charge in [0.25, 0.3) is 5.91 Å². The topological polar surface area (TPSA) is 61.9 Å². The van der Waals surface area contributed by atoms with E-state index in [4.69, 9.17) is 4.74 Å². The lowest BCUT2D eigenvalue weighted by molar-refractivity contribution is -0.119. The number of rotatable bonds is 9. The second-order valence-corrected chi connectivity index (χ2v) is 8.25. The Morgan fingerprint density at radius 3 is 2.38 bits per heavy atom. The summed E-state index contributed by atoms with van der Waals surface area (Å²) in [5, 5.41) is 2.82. The summed E-state index contributed by atoms with van der Waals surface area (Å²) in [4.78, 5) is 29.3. The first-order valence-corrected chi connectivity index (χ1v) is 11.0. The summed E-state index contributed by atoms with van der Waals surface area (Å²) in [5.74, 6) is -1.01. The van der Waals surface area contributed by atoms with Gasteiger partial charge in [0.1, 0.15) is 12.4 Å². The molecule has 178 valence electrons. The van der Waals surface area contributed by atoms with Gasteiger partial charge < -0.3 is 19.9 Å². The number of nitrogens with one attached hydrogen (secondary N) is 1. The van der Waals surface area contributed by atoms with Gasteiger partial charge in [-0.3, -0.25) is 9.59 Å². The van der Waals surface area contributed by atoms with E-state index in [-0.39, 0.29) is 36.6 Å². The summed E-state index contributed by atoms with van der Waals surface area (Å²) < 4.78 is 18.8. The first kappa shape index (κ1) is 24.9. The number of anilines is 2. The van der Waals surface area contributed by atoms with Crippen LogP contribution >= 0.6 is 0 Å². The molecule has 0 bridgehead atoms. The summed E-state index contributed by atoms with van der Waals surface area (Å²) in [5.41, 5.74) is 3.59. The average molecular weight is 464 g/mol. The van der Waals surface area contributed by atoms with Gasteiger partial charge in [0.05, 0.1) is 6.04 Å². The normalized spacial score (nSPS) is 11.6. The van der Waals surface area contributed by atoms with Crippen LogP contribution in [0.3, 0.4) is 0 Å². The molecular formula is C27H30FN3O3. The Morgan fingerprint density at radius 1 is 1.00 bits per heavy atom. The van der Waals surface area contributed by atoms with Crippen molar-refractivity contribution in [3.8, 4) is 0 Å². The molecule has 0 unspecified atom stereocenters. The zero-order chi connectivity index (χ0) is 24.7. The Morgan fingerprint density at radius 2 is 1.74 bits per heavy atom. The molecule has 7 heteroatoms. The van der Waals surface area contributed by atoms with Crippen molar-refractivity contribution < 1.29 is 18.7 Å². The molecule has 0 saturated carbocycles. The minimum atomic E-state index is -0.463. The number of hydrogen-bond donors (Lipinski definition) is 1. The molecule has 0 aliphatic carbocycles. The second-order valence-electron chi connectivity index (χ2n) is 8.25. The largest absolute Gasteiger partial charge is 0.377 e. The number of amides is 2. The van der Waals surface area contributed by atoms with Crippen molar-refractivity contribution >= 4 is 23.2 Å². The van der Waals surface area contributed by atoms with Gasteiger partial charge in [0.15, 0.2) is 0 Å². The van der Waals surface area contributed by atoms with Gasteiger partial charge in [-0.1, -0.05) is 36.4 Å². The molecular weight excluding hydrogens is 433 g/mol. The maximum atomic E-state index is 13.9. The number of methoxy groups -OCH3 is 1. The average Bonchev–Trinajstić information content (AvgIpc) is 2.82. The molecule has 2 amide bonds. The molecule has 0 saturated heterocycles. The van der Waals surface area contributed by atoms with Crippen molar-refractivity contribution in [3.63, 3.8) is 0 Å². The Bertz CT molecular complexity index is 1130. The standard InChI is InChI=1S/C27H30FN3O3/c1-19(20-9-6-5-7-10-20)31(27(33)21-11-8-12-23(28)15-21)17-22-16-24(29-26(32)18-34-4)13-14-25(22)30(2)3/h5-16,19H,17-18H2,1-4H3,(H,29,32)/t19-/m1/s1. The van der Waals surface area contributed by atoms with Crippen LogP contribution in [0.25, 0.3) is 0 Å². The molecule has 0 aliphatic rings. The molecule has 34 heavy (non-hydrogen) atoms. The maximum Gasteiger partial charge on any atom is 0.254 e. The Kier molecular flexibility index (Phi) is 8.38. The molecule has 0 spiro atoms. The van der Waals surface area contributed by atoms with Crippen LogP contribution in [0.1, 0.15) is 34.5 Å². The van der Waals surface area contributed by atoms with E-state index < -0.39 is 5.82 Å². The lowest BCUT2D eigenvalue weighted by Crippen LogP contribution is -2.34. The van der Waals surface area contributed by atoms with Crippen molar-refractivity contribution in [2.75, 3.05) is 38.0 Å². The summed E-state index contributed by atoms with van der Waals surface area (Å²) in [6.45, 7) is 2.15. The second kappa shape index (κ2) is 11.4. The number of halogens is 1. The molecule has 3 aromatic carbocycles. The van der Waals surface area contributed by atoms with Crippen LogP contribution in [0, 0.1) is 5.82 Å². The quantitative estimate of drug-likeness (QED) is 0.491. The fraction of sp³-hybridized carbons (Fsp3) is 0.259. The molecule has 1 N–H and O–H groups in total. The summed E-state index contributed by atoms with van der Waals surface area (Å²) in [7, 11) is 5.30. The molecule has 3 rings (SSSR count). The number of hydrogen-bond acceptors (Lipinski definition) is 4. The monoisotopic (exact) mass is 463 g/mol. The van der Waals surface area contributed by atoms with E-state index in [0.717, 1.165) is 16.8 Å². The molecule has 0 aromatic heterocycles. The Labute approximate surface area is 200 Å². The van der Waals surface area contributed by atoms with Crippen LogP contribution in [0.4, 0.5) is 15.8 Å². The Balaban J connectivity index is 2.02. The molecule has 0 radical (unpaired) electrons. The van der Waals surface area contributed by atoms with Gasteiger partial charge in [-0.05, 0) is 54.4 Å². The van der Waals surface area contributed by atoms with E-state index in [1.807, 2.05) is 74.4 Å². The van der Waals surface area contributed by atoms with Crippen LogP contribution in [-0.2, 0) is 16.1 Å². The highest BCUT2D eigenvalue weighted by Crippen LogP contribution is 2.30. The van der Waals surface area contributed by atoms with Crippen LogP contribution in [0.5, 0.6) is 0 Å². The van der Waals surface area contributed by atoms with Crippen molar-refractivity contribution in [1.29, 1.82) is 0 Å². The van der Waals surface area contributed by atoms with Crippen LogP contribution < -0.4 is 10.2 Å². The molecule has 0 aliphatic heterocycles. The zero-order valence-corrected chi connectivity index (χ0v) is 19.9. The number of carbonyl (C=O) groups is 2.